The van der Waals surface area contributed by atoms with Crippen molar-refractivity contribution in [3.05, 3.63) is 28.4 Å². The number of halogens is 7. The maximum atomic E-state index is 12.4. The lowest BCUT2D eigenvalue weighted by atomic mass is 10.1. The third-order valence-electron chi connectivity index (χ3n) is 2.39. The fourth-order valence-electron chi connectivity index (χ4n) is 1.49. The van der Waals surface area contributed by atoms with Gasteiger partial charge in [-0.1, -0.05) is 11.6 Å². The molecule has 22 heavy (non-hydrogen) atoms. The standard InChI is InChI=1S/C10H7ClF6N2O3/c11-4-1-2-5(6(3-4)19(21)22)18-8(20)7(9(12,13)14)10(15,16)17/h1-3,7,19,21H,(H,18,20). The van der Waals surface area contributed by atoms with Gasteiger partial charge in [0, 0.05) is 11.1 Å². The zero-order valence-electron chi connectivity index (χ0n) is 10.2. The fraction of sp³-hybridized carbons (Fsp3) is 0.300. The number of nitrogens with one attached hydrogen (secondary N) is 2. The Morgan fingerprint density at radius 1 is 1.23 bits per heavy atom. The molecule has 5 nitrogen and oxygen atoms in total. The summed E-state index contributed by atoms with van der Waals surface area (Å²) in [7, 11) is 0. The van der Waals surface area contributed by atoms with Crippen LogP contribution in [0.3, 0.4) is 0 Å². The van der Waals surface area contributed by atoms with E-state index in [1.165, 1.54) is 5.32 Å². The molecule has 0 saturated heterocycles. The Morgan fingerprint density at radius 3 is 2.14 bits per heavy atom. The van der Waals surface area contributed by atoms with Crippen LogP contribution in [0.25, 0.3) is 0 Å². The summed E-state index contributed by atoms with van der Waals surface area (Å²) in [6.07, 6.45) is -11.8. The van der Waals surface area contributed by atoms with Crippen molar-refractivity contribution in [3.8, 4) is 0 Å². The molecular weight excluding hydrogens is 346 g/mol. The van der Waals surface area contributed by atoms with E-state index in [-0.39, 0.29) is 5.02 Å². The van der Waals surface area contributed by atoms with Crippen molar-refractivity contribution in [3.63, 3.8) is 0 Å². The quantitative estimate of drug-likeness (QED) is 0.577. The number of alkyl halides is 6. The Labute approximate surface area is 123 Å². The first-order valence-electron chi connectivity index (χ1n) is 5.31. The van der Waals surface area contributed by atoms with Gasteiger partial charge >= 0.3 is 12.4 Å². The predicted molar refractivity (Wildman–Crippen MR) is 61.5 cm³/mol. The average Bonchev–Trinajstić information content (AvgIpc) is 2.27. The monoisotopic (exact) mass is 352 g/mol. The first-order valence-corrected chi connectivity index (χ1v) is 5.69. The van der Waals surface area contributed by atoms with Crippen molar-refractivity contribution < 1.29 is 41.6 Å². The molecule has 12 heteroatoms. The largest absolute Gasteiger partial charge is 0.595 e. The predicted octanol–water partition coefficient (Wildman–Crippen LogP) is 2.42. The van der Waals surface area contributed by atoms with E-state index in [0.717, 1.165) is 18.2 Å². The minimum atomic E-state index is -5.88. The zero-order chi connectivity index (χ0) is 17.3. The third kappa shape index (κ3) is 4.47. The summed E-state index contributed by atoms with van der Waals surface area (Å²) in [5, 5.41) is 19.2. The Bertz CT molecular complexity index is 547. The van der Waals surface area contributed by atoms with Crippen LogP contribution in [0, 0.1) is 11.1 Å². The molecule has 124 valence electrons. The number of carbonyl (C=O) groups is 1. The number of hydrogen-bond acceptors (Lipinski definition) is 3. The molecule has 0 fully saturated rings. The number of carbonyl (C=O) groups excluding carboxylic acids is 1. The fourth-order valence-corrected chi connectivity index (χ4v) is 1.66. The third-order valence-corrected chi connectivity index (χ3v) is 2.62. The molecule has 0 aliphatic heterocycles. The van der Waals surface area contributed by atoms with Crippen LogP contribution in [0.15, 0.2) is 18.2 Å². The van der Waals surface area contributed by atoms with Crippen molar-refractivity contribution in [2.75, 3.05) is 5.32 Å². The first-order chi connectivity index (χ1) is 9.84. The minimum Gasteiger partial charge on any atom is -0.595 e. The van der Waals surface area contributed by atoms with Crippen LogP contribution in [0.2, 0.25) is 5.02 Å². The van der Waals surface area contributed by atoms with Crippen LogP contribution in [-0.4, -0.2) is 23.5 Å². The molecule has 0 bridgehead atoms. The number of rotatable bonds is 3. The van der Waals surface area contributed by atoms with Crippen molar-refractivity contribution in [2.45, 2.75) is 12.4 Å². The molecule has 1 aromatic carbocycles. The van der Waals surface area contributed by atoms with Gasteiger partial charge in [0.25, 0.3) is 0 Å². The second-order valence-electron chi connectivity index (χ2n) is 4.00. The number of benzene rings is 1. The Balaban J connectivity index is 3.16. The topological polar surface area (TPSA) is 76.8 Å². The van der Waals surface area contributed by atoms with Gasteiger partial charge in [-0.3, -0.25) is 4.79 Å². The maximum absolute atomic E-state index is 12.4. The summed E-state index contributed by atoms with van der Waals surface area (Å²) >= 11 is 5.47. The van der Waals surface area contributed by atoms with Crippen LogP contribution in [-0.2, 0) is 4.79 Å². The highest BCUT2D eigenvalue weighted by Crippen LogP contribution is 2.40. The highest BCUT2D eigenvalue weighted by molar-refractivity contribution is 6.31. The van der Waals surface area contributed by atoms with E-state index in [9.17, 15) is 36.3 Å². The second-order valence-corrected chi connectivity index (χ2v) is 4.44. The van der Waals surface area contributed by atoms with E-state index in [2.05, 4.69) is 0 Å². The highest BCUT2D eigenvalue weighted by Gasteiger charge is 2.61. The van der Waals surface area contributed by atoms with Gasteiger partial charge in [-0.05, 0) is 12.1 Å². The van der Waals surface area contributed by atoms with Gasteiger partial charge in [-0.25, -0.2) is 5.21 Å². The average molecular weight is 353 g/mol. The molecule has 1 amide bonds. The van der Waals surface area contributed by atoms with Gasteiger partial charge in [0.1, 0.15) is 5.69 Å². The molecular formula is C10H7ClF6N2O3. The summed E-state index contributed by atoms with van der Waals surface area (Å²) in [4.78, 5) is 11.3. The van der Waals surface area contributed by atoms with Crippen LogP contribution < -0.4 is 10.5 Å². The van der Waals surface area contributed by atoms with E-state index < -0.39 is 40.8 Å². The molecule has 1 unspecified atom stereocenters. The Kier molecular flexibility index (Phi) is 5.28. The Morgan fingerprint density at radius 2 is 1.73 bits per heavy atom. The SMILES string of the molecule is O=C(Nc1ccc(Cl)cc1[NH+]([O-])O)C(C(F)(F)F)C(F)(F)F. The summed E-state index contributed by atoms with van der Waals surface area (Å²) in [5.41, 5.74) is -1.48. The molecule has 0 heterocycles. The number of amides is 1. The van der Waals surface area contributed by atoms with Crippen molar-refractivity contribution in [2.24, 2.45) is 5.92 Å². The van der Waals surface area contributed by atoms with Gasteiger partial charge in [-0.2, -0.15) is 31.6 Å². The van der Waals surface area contributed by atoms with Gasteiger partial charge in [0.2, 0.25) is 11.8 Å². The van der Waals surface area contributed by atoms with Gasteiger partial charge in [-0.15, -0.1) is 0 Å². The normalized spacial score (nSPS) is 14.1. The molecule has 0 saturated carbocycles. The summed E-state index contributed by atoms with van der Waals surface area (Å²) in [6, 6.07) is 2.56. The van der Waals surface area contributed by atoms with Crippen molar-refractivity contribution >= 4 is 28.9 Å². The molecule has 0 spiro atoms. The number of hydrogen-bond donors (Lipinski definition) is 3. The molecule has 1 atom stereocenters. The van der Waals surface area contributed by atoms with Gasteiger partial charge in [0.05, 0.1) is 0 Å². The van der Waals surface area contributed by atoms with Gasteiger partial charge in [0.15, 0.2) is 5.69 Å². The number of anilines is 1. The molecule has 0 aliphatic carbocycles. The van der Waals surface area contributed by atoms with Crippen LogP contribution >= 0.6 is 11.6 Å². The summed E-state index contributed by atoms with van der Waals surface area (Å²) in [6.45, 7) is 0. The minimum absolute atomic E-state index is 0.126. The van der Waals surface area contributed by atoms with Crippen molar-refractivity contribution in [1.82, 2.24) is 0 Å². The molecule has 1 aromatic rings. The van der Waals surface area contributed by atoms with E-state index >= 15 is 0 Å². The second kappa shape index (κ2) is 6.28. The zero-order valence-corrected chi connectivity index (χ0v) is 11.0. The molecule has 0 radical (unpaired) electrons. The molecule has 0 aliphatic rings. The lowest BCUT2D eigenvalue weighted by molar-refractivity contribution is -0.990. The van der Waals surface area contributed by atoms with E-state index in [1.54, 1.807) is 0 Å². The molecule has 0 aromatic heterocycles. The molecule has 1 rings (SSSR count). The van der Waals surface area contributed by atoms with Crippen LogP contribution in [0.1, 0.15) is 0 Å². The Hall–Kier alpha value is -1.56. The summed E-state index contributed by atoms with van der Waals surface area (Å²) < 4.78 is 74.2. The van der Waals surface area contributed by atoms with E-state index in [0.29, 0.717) is 0 Å². The van der Waals surface area contributed by atoms with Crippen molar-refractivity contribution in [1.29, 1.82) is 0 Å². The van der Waals surface area contributed by atoms with Gasteiger partial charge < -0.3 is 10.5 Å². The summed E-state index contributed by atoms with van der Waals surface area (Å²) in [5.74, 6) is -6.72. The van der Waals surface area contributed by atoms with Crippen LogP contribution in [0.5, 0.6) is 0 Å². The van der Waals surface area contributed by atoms with E-state index in [4.69, 9.17) is 16.8 Å². The highest BCUT2D eigenvalue weighted by atomic mass is 35.5. The first kappa shape index (κ1) is 18.5. The number of quaternary nitrogens is 1. The lowest BCUT2D eigenvalue weighted by Crippen LogP contribution is -2.99. The van der Waals surface area contributed by atoms with Crippen LogP contribution in [0.4, 0.5) is 37.7 Å². The molecule has 3 N–H and O–H groups in total. The van der Waals surface area contributed by atoms with E-state index in [1.807, 2.05) is 0 Å². The maximum Gasteiger partial charge on any atom is 0.409 e. The smallest absolute Gasteiger partial charge is 0.409 e. The lowest BCUT2D eigenvalue weighted by Gasteiger charge is -2.23.